The maximum absolute atomic E-state index is 11.1. The van der Waals surface area contributed by atoms with Gasteiger partial charge in [-0.3, -0.25) is 4.79 Å². The molecule has 3 nitrogen and oxygen atoms in total. The van der Waals surface area contributed by atoms with Crippen molar-refractivity contribution in [3.8, 4) is 0 Å². The molecule has 1 aliphatic rings. The van der Waals surface area contributed by atoms with Gasteiger partial charge < -0.3 is 5.11 Å². The van der Waals surface area contributed by atoms with Crippen LogP contribution in [0.25, 0.3) is 0 Å². The Morgan fingerprint density at radius 1 is 1.25 bits per heavy atom. The summed E-state index contributed by atoms with van der Waals surface area (Å²) in [7, 11) is 0. The Hall–Kier alpha value is -1.90. The molecular formula is C29H46NO2+. The van der Waals surface area contributed by atoms with E-state index in [0.717, 1.165) is 37.8 Å². The fourth-order valence-electron chi connectivity index (χ4n) is 5.02. The van der Waals surface area contributed by atoms with Gasteiger partial charge in [0.25, 0.3) is 0 Å². The number of aromatic nitrogens is 1. The minimum absolute atomic E-state index is 0.0939. The maximum Gasteiger partial charge on any atom is 0.308 e. The van der Waals surface area contributed by atoms with Gasteiger partial charge in [0.15, 0.2) is 11.9 Å². The van der Waals surface area contributed by atoms with Gasteiger partial charge in [0.2, 0.25) is 0 Å². The lowest BCUT2D eigenvalue weighted by Crippen LogP contribution is -2.39. The Balaban J connectivity index is 1.91. The molecule has 0 aromatic carbocycles. The molecule has 2 rings (SSSR count). The van der Waals surface area contributed by atoms with Crippen molar-refractivity contribution in [3.63, 3.8) is 0 Å². The molecule has 0 fully saturated rings. The minimum Gasteiger partial charge on any atom is -0.481 e. The quantitative estimate of drug-likeness (QED) is 0.212. The van der Waals surface area contributed by atoms with Crippen LogP contribution in [0.15, 0.2) is 41.1 Å². The van der Waals surface area contributed by atoms with E-state index in [-0.39, 0.29) is 6.42 Å². The summed E-state index contributed by atoms with van der Waals surface area (Å²) in [6, 6.07) is 4.12. The lowest BCUT2D eigenvalue weighted by molar-refractivity contribution is -0.705. The van der Waals surface area contributed by atoms with E-state index >= 15 is 0 Å². The van der Waals surface area contributed by atoms with Gasteiger partial charge in [0, 0.05) is 24.5 Å². The number of nitrogens with zero attached hydrogens (tertiary/aromatic N) is 1. The van der Waals surface area contributed by atoms with Crippen LogP contribution in [0.2, 0.25) is 0 Å². The third kappa shape index (κ3) is 8.56. The van der Waals surface area contributed by atoms with Crippen molar-refractivity contribution < 1.29 is 14.5 Å². The summed E-state index contributed by atoms with van der Waals surface area (Å²) in [5, 5.41) is 9.12. The molecule has 0 spiro atoms. The van der Waals surface area contributed by atoms with Crippen LogP contribution in [-0.2, 0) is 24.2 Å². The maximum atomic E-state index is 11.1. The van der Waals surface area contributed by atoms with Gasteiger partial charge in [0.05, 0.1) is 6.42 Å². The first-order chi connectivity index (χ1) is 15.1. The first-order valence-electron chi connectivity index (χ1n) is 12.7. The number of hydrogen-bond acceptors (Lipinski definition) is 1. The molecule has 32 heavy (non-hydrogen) atoms. The average Bonchev–Trinajstić information content (AvgIpc) is 2.69. The summed E-state index contributed by atoms with van der Waals surface area (Å²) >= 11 is 0. The highest BCUT2D eigenvalue weighted by Crippen LogP contribution is 2.42. The summed E-state index contributed by atoms with van der Waals surface area (Å²) in [4.78, 5) is 11.1. The number of allylic oxidation sites excluding steroid dienone is 4. The predicted octanol–water partition coefficient (Wildman–Crippen LogP) is 7.22. The number of aliphatic carboxylic acids is 1. The fraction of sp³-hybridized carbons (Fsp3) is 0.655. The van der Waals surface area contributed by atoms with Crippen molar-refractivity contribution in [2.24, 2.45) is 11.3 Å². The Morgan fingerprint density at radius 3 is 2.66 bits per heavy atom. The van der Waals surface area contributed by atoms with E-state index in [1.807, 2.05) is 6.07 Å². The molecule has 0 amide bonds. The number of rotatable bonds is 12. The lowest BCUT2D eigenvalue weighted by atomic mass is 9.71. The van der Waals surface area contributed by atoms with Crippen LogP contribution >= 0.6 is 0 Å². The molecular weight excluding hydrogens is 394 g/mol. The smallest absolute Gasteiger partial charge is 0.308 e. The first-order valence-corrected chi connectivity index (χ1v) is 12.7. The molecule has 1 N–H and O–H groups in total. The second-order valence-electron chi connectivity index (χ2n) is 10.9. The van der Waals surface area contributed by atoms with Gasteiger partial charge in [-0.1, -0.05) is 50.5 Å². The summed E-state index contributed by atoms with van der Waals surface area (Å²) in [5.41, 5.74) is 7.41. The monoisotopic (exact) mass is 440 g/mol. The Bertz CT molecular complexity index is 830. The van der Waals surface area contributed by atoms with Gasteiger partial charge in [-0.2, -0.15) is 0 Å². The molecule has 0 atom stereocenters. The third-order valence-corrected chi connectivity index (χ3v) is 7.07. The number of unbranched alkanes of at least 4 members (excludes halogenated alkanes) is 1. The van der Waals surface area contributed by atoms with Crippen molar-refractivity contribution in [2.75, 3.05) is 0 Å². The Kier molecular flexibility index (Phi) is 10.2. The first kappa shape index (κ1) is 26.4. The van der Waals surface area contributed by atoms with E-state index in [1.54, 1.807) is 11.1 Å². The summed E-state index contributed by atoms with van der Waals surface area (Å²) in [6.45, 7) is 14.9. The van der Waals surface area contributed by atoms with Crippen LogP contribution in [-0.4, -0.2) is 11.1 Å². The van der Waals surface area contributed by atoms with Gasteiger partial charge in [-0.15, -0.1) is 0 Å². The second kappa shape index (κ2) is 12.4. The number of carbonyl (C=O) groups is 1. The molecule has 1 aromatic heterocycles. The molecule has 1 aliphatic carbocycles. The SMILES string of the molecule is CC1=C(CC/C(C)=C/CCCc2ccc(CC(=O)O)c[n+]2CCC(C)C)C(C)(C)CCC1. The fourth-order valence-corrected chi connectivity index (χ4v) is 5.02. The van der Waals surface area contributed by atoms with Crippen molar-refractivity contribution in [1.82, 2.24) is 0 Å². The molecule has 1 heterocycles. The van der Waals surface area contributed by atoms with Gasteiger partial charge in [-0.05, 0) is 76.2 Å². The van der Waals surface area contributed by atoms with Crippen molar-refractivity contribution in [1.29, 1.82) is 0 Å². The van der Waals surface area contributed by atoms with Crippen LogP contribution in [0, 0.1) is 11.3 Å². The zero-order chi connectivity index (χ0) is 23.7. The van der Waals surface area contributed by atoms with Crippen LogP contribution < -0.4 is 4.57 Å². The number of pyridine rings is 1. The second-order valence-corrected chi connectivity index (χ2v) is 10.9. The molecule has 178 valence electrons. The van der Waals surface area contributed by atoms with Crippen LogP contribution in [0.5, 0.6) is 0 Å². The van der Waals surface area contributed by atoms with Gasteiger partial charge >= 0.3 is 5.97 Å². The third-order valence-electron chi connectivity index (χ3n) is 7.07. The lowest BCUT2D eigenvalue weighted by Gasteiger charge is -2.35. The van der Waals surface area contributed by atoms with E-state index in [0.29, 0.717) is 11.3 Å². The van der Waals surface area contributed by atoms with E-state index in [9.17, 15) is 4.79 Å². The van der Waals surface area contributed by atoms with Crippen molar-refractivity contribution in [2.45, 2.75) is 112 Å². The van der Waals surface area contributed by atoms with E-state index in [1.165, 1.54) is 43.4 Å². The average molecular weight is 441 g/mol. The Morgan fingerprint density at radius 2 is 2.00 bits per heavy atom. The van der Waals surface area contributed by atoms with E-state index in [4.69, 9.17) is 5.11 Å². The van der Waals surface area contributed by atoms with Gasteiger partial charge in [0.1, 0.15) is 6.54 Å². The van der Waals surface area contributed by atoms with Crippen molar-refractivity contribution >= 4 is 5.97 Å². The standard InChI is InChI=1S/C29H45NO2/c1-22(2)17-19-30-21-25(20-28(31)32)14-15-26(30)12-8-7-10-23(3)13-16-27-24(4)11-9-18-29(27,5)6/h10,14-15,21-22H,7-9,11-13,16-20H2,1-6H3/p+1/b23-10+. The van der Waals surface area contributed by atoms with E-state index in [2.05, 4.69) is 64.4 Å². The summed E-state index contributed by atoms with van der Waals surface area (Å²) in [6.07, 6.45) is 15.3. The summed E-state index contributed by atoms with van der Waals surface area (Å²) in [5.74, 6) is -0.131. The number of carboxylic acids is 1. The molecule has 1 aromatic rings. The predicted molar refractivity (Wildman–Crippen MR) is 134 cm³/mol. The van der Waals surface area contributed by atoms with Crippen LogP contribution in [0.3, 0.4) is 0 Å². The molecule has 3 heteroatoms. The van der Waals surface area contributed by atoms with Gasteiger partial charge in [-0.25, -0.2) is 4.57 Å². The molecule has 0 unspecified atom stereocenters. The highest BCUT2D eigenvalue weighted by molar-refractivity contribution is 5.69. The highest BCUT2D eigenvalue weighted by Gasteiger charge is 2.27. The molecule has 0 aliphatic heterocycles. The van der Waals surface area contributed by atoms with Crippen LogP contribution in [0.4, 0.5) is 0 Å². The number of aryl methyl sites for hydroxylation is 2. The zero-order valence-corrected chi connectivity index (χ0v) is 21.5. The zero-order valence-electron chi connectivity index (χ0n) is 21.5. The van der Waals surface area contributed by atoms with E-state index < -0.39 is 5.97 Å². The van der Waals surface area contributed by atoms with Crippen LogP contribution in [0.1, 0.15) is 104 Å². The van der Waals surface area contributed by atoms with Crippen molar-refractivity contribution in [3.05, 3.63) is 52.4 Å². The molecule has 0 saturated carbocycles. The highest BCUT2D eigenvalue weighted by atomic mass is 16.4. The number of hydrogen-bond donors (Lipinski definition) is 1. The minimum atomic E-state index is -0.767. The molecule has 0 radical (unpaired) electrons. The largest absolute Gasteiger partial charge is 0.481 e. The Labute approximate surface area is 196 Å². The molecule has 0 saturated heterocycles. The number of carboxylic acid groups (broad SMARTS) is 1. The molecule has 0 bridgehead atoms. The summed E-state index contributed by atoms with van der Waals surface area (Å²) < 4.78 is 2.29. The topological polar surface area (TPSA) is 41.2 Å². The normalized spacial score (nSPS) is 16.7.